The van der Waals surface area contributed by atoms with Gasteiger partial charge in [-0.1, -0.05) is 35.9 Å². The molecular weight excluding hydrogens is 308 g/mol. The maximum absolute atomic E-state index is 12.1. The first-order valence-electron chi connectivity index (χ1n) is 7.13. The molecule has 2 aromatic carbocycles. The number of fused-ring (bicyclic) bond motifs is 1. The van der Waals surface area contributed by atoms with E-state index in [0.717, 1.165) is 16.6 Å². The highest BCUT2D eigenvalue weighted by molar-refractivity contribution is 7.80. The van der Waals surface area contributed by atoms with Crippen LogP contribution in [-0.4, -0.2) is 16.0 Å². The van der Waals surface area contributed by atoms with Gasteiger partial charge in [-0.3, -0.25) is 15.6 Å². The summed E-state index contributed by atoms with van der Waals surface area (Å²) in [5, 5.41) is 4.30. The van der Waals surface area contributed by atoms with E-state index >= 15 is 0 Å². The van der Waals surface area contributed by atoms with E-state index in [0.29, 0.717) is 10.8 Å². The van der Waals surface area contributed by atoms with Crippen LogP contribution in [-0.2, 0) is 0 Å². The van der Waals surface area contributed by atoms with Gasteiger partial charge < -0.3 is 10.3 Å². The maximum atomic E-state index is 12.1. The number of hydrogen-bond donors (Lipinski definition) is 4. The number of hydrazine groups is 1. The van der Waals surface area contributed by atoms with Crippen LogP contribution in [0.15, 0.2) is 54.6 Å². The molecule has 6 heteroatoms. The van der Waals surface area contributed by atoms with E-state index in [1.807, 2.05) is 55.5 Å². The van der Waals surface area contributed by atoms with Gasteiger partial charge in [-0.15, -0.1) is 0 Å². The Morgan fingerprint density at radius 3 is 2.52 bits per heavy atom. The minimum absolute atomic E-state index is 0.283. The number of carbonyl (C=O) groups excluding carboxylic acids is 1. The Morgan fingerprint density at radius 1 is 1.04 bits per heavy atom. The zero-order chi connectivity index (χ0) is 16.2. The van der Waals surface area contributed by atoms with Crippen LogP contribution < -0.4 is 16.2 Å². The summed E-state index contributed by atoms with van der Waals surface area (Å²) >= 11 is 5.15. The van der Waals surface area contributed by atoms with Gasteiger partial charge in [0, 0.05) is 16.6 Å². The number of aromatic amines is 1. The fourth-order valence-electron chi connectivity index (χ4n) is 2.18. The second-order valence-corrected chi connectivity index (χ2v) is 5.58. The summed E-state index contributed by atoms with van der Waals surface area (Å²) in [5.74, 6) is -0.283. The number of para-hydroxylation sites is 1. The molecule has 3 aromatic rings. The van der Waals surface area contributed by atoms with Gasteiger partial charge in [0.1, 0.15) is 5.69 Å². The number of hydrogen-bond acceptors (Lipinski definition) is 2. The number of benzene rings is 2. The molecule has 0 spiro atoms. The standard InChI is InChI=1S/C17H16N4OS/c1-11-6-8-13(9-7-11)18-17(23)21-20-16(22)15-10-12-4-2-3-5-14(12)19-15/h2-10,19H,1H3,(H,20,22)(H2,18,21,23). The highest BCUT2D eigenvalue weighted by atomic mass is 32.1. The molecule has 5 nitrogen and oxygen atoms in total. The Hall–Kier alpha value is -2.86. The van der Waals surface area contributed by atoms with Crippen LogP contribution in [0.3, 0.4) is 0 Å². The second kappa shape index (κ2) is 6.50. The van der Waals surface area contributed by atoms with Crippen molar-refractivity contribution in [1.29, 1.82) is 0 Å². The van der Waals surface area contributed by atoms with Gasteiger partial charge in [-0.25, -0.2) is 0 Å². The van der Waals surface area contributed by atoms with Crippen molar-refractivity contribution < 1.29 is 4.79 Å². The van der Waals surface area contributed by atoms with Crippen molar-refractivity contribution in [2.24, 2.45) is 0 Å². The van der Waals surface area contributed by atoms with E-state index < -0.39 is 0 Å². The van der Waals surface area contributed by atoms with Crippen LogP contribution in [0.25, 0.3) is 10.9 Å². The van der Waals surface area contributed by atoms with Gasteiger partial charge in [0.05, 0.1) is 0 Å². The molecule has 1 heterocycles. The van der Waals surface area contributed by atoms with E-state index in [1.165, 1.54) is 5.56 Å². The quantitative estimate of drug-likeness (QED) is 0.432. The van der Waals surface area contributed by atoms with Gasteiger partial charge >= 0.3 is 0 Å². The topological polar surface area (TPSA) is 68.9 Å². The SMILES string of the molecule is Cc1ccc(NC(=S)NNC(=O)c2cc3ccccc3[nH]2)cc1. The number of aromatic nitrogens is 1. The zero-order valence-corrected chi connectivity index (χ0v) is 13.3. The Balaban J connectivity index is 1.57. The van der Waals surface area contributed by atoms with Crippen LogP contribution >= 0.6 is 12.2 Å². The lowest BCUT2D eigenvalue weighted by molar-refractivity contribution is 0.0940. The third-order valence-electron chi connectivity index (χ3n) is 3.37. The average molecular weight is 324 g/mol. The molecule has 0 aliphatic heterocycles. The molecule has 1 aromatic heterocycles. The first kappa shape index (κ1) is 15.1. The molecule has 4 N–H and O–H groups in total. The number of thiocarbonyl (C=S) groups is 1. The van der Waals surface area contributed by atoms with E-state index in [1.54, 1.807) is 6.07 Å². The fraction of sp³-hybridized carbons (Fsp3) is 0.0588. The van der Waals surface area contributed by atoms with Crippen LogP contribution in [0.5, 0.6) is 0 Å². The first-order valence-corrected chi connectivity index (χ1v) is 7.54. The molecule has 0 atom stereocenters. The molecule has 0 unspecified atom stereocenters. The van der Waals surface area contributed by atoms with Crippen molar-refractivity contribution in [3.63, 3.8) is 0 Å². The smallest absolute Gasteiger partial charge is 0.286 e. The van der Waals surface area contributed by atoms with Crippen LogP contribution in [0.4, 0.5) is 5.69 Å². The number of aryl methyl sites for hydroxylation is 1. The Kier molecular flexibility index (Phi) is 4.25. The third kappa shape index (κ3) is 3.67. The predicted molar refractivity (Wildman–Crippen MR) is 96.3 cm³/mol. The van der Waals surface area contributed by atoms with Crippen molar-refractivity contribution in [3.8, 4) is 0 Å². The van der Waals surface area contributed by atoms with E-state index in [-0.39, 0.29) is 5.91 Å². The van der Waals surface area contributed by atoms with Gasteiger partial charge in [0.2, 0.25) is 0 Å². The minimum Gasteiger partial charge on any atom is -0.350 e. The first-order chi connectivity index (χ1) is 11.1. The van der Waals surface area contributed by atoms with Crippen molar-refractivity contribution in [2.75, 3.05) is 5.32 Å². The van der Waals surface area contributed by atoms with Crippen LogP contribution in [0.1, 0.15) is 16.1 Å². The molecular formula is C17H16N4OS. The van der Waals surface area contributed by atoms with E-state index in [2.05, 4.69) is 21.2 Å². The zero-order valence-electron chi connectivity index (χ0n) is 12.5. The molecule has 0 aliphatic carbocycles. The third-order valence-corrected chi connectivity index (χ3v) is 3.58. The van der Waals surface area contributed by atoms with Gasteiger partial charge in [0.15, 0.2) is 5.11 Å². The average Bonchev–Trinajstić information content (AvgIpc) is 2.99. The predicted octanol–water partition coefficient (Wildman–Crippen LogP) is 3.11. The molecule has 0 saturated heterocycles. The Bertz CT molecular complexity index is 821. The van der Waals surface area contributed by atoms with Crippen molar-refractivity contribution >= 4 is 39.8 Å². The Labute approximate surface area is 139 Å². The lowest BCUT2D eigenvalue weighted by atomic mass is 10.2. The summed E-state index contributed by atoms with van der Waals surface area (Å²) < 4.78 is 0. The summed E-state index contributed by atoms with van der Waals surface area (Å²) in [6, 6.07) is 17.3. The monoisotopic (exact) mass is 324 g/mol. The molecule has 0 saturated carbocycles. The van der Waals surface area contributed by atoms with E-state index in [4.69, 9.17) is 12.2 Å². The highest BCUT2D eigenvalue weighted by Crippen LogP contribution is 2.14. The summed E-state index contributed by atoms with van der Waals surface area (Å²) in [7, 11) is 0. The number of anilines is 1. The molecule has 1 amide bonds. The highest BCUT2D eigenvalue weighted by Gasteiger charge is 2.09. The molecule has 3 rings (SSSR count). The van der Waals surface area contributed by atoms with Crippen molar-refractivity contribution in [1.82, 2.24) is 15.8 Å². The summed E-state index contributed by atoms with van der Waals surface area (Å²) in [4.78, 5) is 15.2. The molecule has 23 heavy (non-hydrogen) atoms. The molecule has 0 radical (unpaired) electrons. The molecule has 0 aliphatic rings. The number of amides is 1. The number of nitrogens with one attached hydrogen (secondary N) is 4. The minimum atomic E-state index is -0.283. The van der Waals surface area contributed by atoms with Crippen LogP contribution in [0.2, 0.25) is 0 Å². The number of H-pyrrole nitrogens is 1. The summed E-state index contributed by atoms with van der Waals surface area (Å²) in [6.07, 6.45) is 0. The van der Waals surface area contributed by atoms with Crippen molar-refractivity contribution in [2.45, 2.75) is 6.92 Å². The van der Waals surface area contributed by atoms with Gasteiger partial charge in [-0.2, -0.15) is 0 Å². The fourth-order valence-corrected chi connectivity index (χ4v) is 2.34. The van der Waals surface area contributed by atoms with Gasteiger partial charge in [0.25, 0.3) is 5.91 Å². The van der Waals surface area contributed by atoms with E-state index in [9.17, 15) is 4.79 Å². The van der Waals surface area contributed by atoms with Crippen LogP contribution in [0, 0.1) is 6.92 Å². The number of rotatable bonds is 2. The maximum Gasteiger partial charge on any atom is 0.286 e. The number of carbonyl (C=O) groups is 1. The van der Waals surface area contributed by atoms with Crippen molar-refractivity contribution in [3.05, 3.63) is 65.9 Å². The Morgan fingerprint density at radius 2 is 1.78 bits per heavy atom. The molecule has 116 valence electrons. The normalized spacial score (nSPS) is 10.3. The largest absolute Gasteiger partial charge is 0.350 e. The summed E-state index contributed by atoms with van der Waals surface area (Å²) in [5.41, 5.74) is 8.66. The summed E-state index contributed by atoms with van der Waals surface area (Å²) in [6.45, 7) is 2.01. The lowest BCUT2D eigenvalue weighted by Crippen LogP contribution is -2.43. The van der Waals surface area contributed by atoms with Gasteiger partial charge in [-0.05, 0) is 43.4 Å². The molecule has 0 bridgehead atoms. The lowest BCUT2D eigenvalue weighted by Gasteiger charge is -2.11. The second-order valence-electron chi connectivity index (χ2n) is 5.17. The molecule has 0 fully saturated rings.